The van der Waals surface area contributed by atoms with E-state index in [1.807, 2.05) is 60.3 Å². The van der Waals surface area contributed by atoms with E-state index in [4.69, 9.17) is 10.4 Å². The Hall–Kier alpha value is -3.30. The zero-order valence-corrected chi connectivity index (χ0v) is 20.3. The third kappa shape index (κ3) is 7.36. The molecule has 0 saturated carbocycles. The fourth-order valence-electron chi connectivity index (χ4n) is 3.80. The minimum Gasteiger partial charge on any atom is -0.481 e. The number of nitrogens with zero attached hydrogens (tertiary/aromatic N) is 1. The molecule has 0 fully saturated rings. The van der Waals surface area contributed by atoms with Gasteiger partial charge in [0, 0.05) is 22.6 Å². The molecule has 2 N–H and O–H groups in total. The lowest BCUT2D eigenvalue weighted by Gasteiger charge is -2.25. The third-order valence-electron chi connectivity index (χ3n) is 5.60. The lowest BCUT2D eigenvalue weighted by Crippen LogP contribution is -2.25. The standard InChI is InChI=1S/C28H30N2O3S/c1-19(2)17-26(23-7-9-24(10-8-23)28(33)30-16-15-27(31)32)34-25-13-11-22(12-14-25)21-5-3-20(18-29)4-6-21/h3-13,19,25-26H,14-17H2,1-2H3,(H,30,33)(H,31,32). The number of amides is 1. The van der Waals surface area contributed by atoms with Crippen LogP contribution in [0.25, 0.3) is 5.57 Å². The van der Waals surface area contributed by atoms with Gasteiger partial charge in [-0.25, -0.2) is 0 Å². The number of hydrogen-bond donors (Lipinski definition) is 2. The van der Waals surface area contributed by atoms with Crippen LogP contribution >= 0.6 is 11.8 Å². The third-order valence-corrected chi connectivity index (χ3v) is 7.09. The molecule has 0 radical (unpaired) electrons. The van der Waals surface area contributed by atoms with Gasteiger partial charge in [0.15, 0.2) is 0 Å². The van der Waals surface area contributed by atoms with Crippen LogP contribution in [0.5, 0.6) is 0 Å². The predicted octanol–water partition coefficient (Wildman–Crippen LogP) is 6.00. The molecule has 1 amide bonds. The molecule has 176 valence electrons. The monoisotopic (exact) mass is 474 g/mol. The molecular weight excluding hydrogens is 444 g/mol. The van der Waals surface area contributed by atoms with Crippen LogP contribution in [0.3, 0.4) is 0 Å². The van der Waals surface area contributed by atoms with Crippen LogP contribution in [-0.2, 0) is 4.79 Å². The van der Waals surface area contributed by atoms with Crippen LogP contribution in [0.1, 0.15) is 65.4 Å². The Bertz CT molecular complexity index is 1100. The molecule has 0 bridgehead atoms. The van der Waals surface area contributed by atoms with Gasteiger partial charge in [0.1, 0.15) is 0 Å². The smallest absolute Gasteiger partial charge is 0.305 e. The van der Waals surface area contributed by atoms with Gasteiger partial charge in [-0.3, -0.25) is 9.59 Å². The number of benzene rings is 2. The number of carbonyl (C=O) groups excluding carboxylic acids is 1. The number of carbonyl (C=O) groups is 2. The molecule has 1 aliphatic carbocycles. The van der Waals surface area contributed by atoms with Crippen molar-refractivity contribution < 1.29 is 14.7 Å². The maximum atomic E-state index is 12.2. The first-order chi connectivity index (χ1) is 16.4. The second-order valence-electron chi connectivity index (χ2n) is 8.76. The number of aliphatic carboxylic acids is 1. The molecule has 3 rings (SSSR count). The highest BCUT2D eigenvalue weighted by Gasteiger charge is 2.20. The van der Waals surface area contributed by atoms with E-state index in [1.165, 1.54) is 11.1 Å². The van der Waals surface area contributed by atoms with Gasteiger partial charge < -0.3 is 10.4 Å². The molecule has 0 aliphatic heterocycles. The van der Waals surface area contributed by atoms with Crippen LogP contribution in [-0.4, -0.2) is 28.8 Å². The minimum atomic E-state index is -0.931. The fourth-order valence-corrected chi connectivity index (χ4v) is 5.41. The number of nitrogens with one attached hydrogen (secondary N) is 1. The van der Waals surface area contributed by atoms with Crippen LogP contribution in [0, 0.1) is 17.2 Å². The minimum absolute atomic E-state index is 0.0901. The highest BCUT2D eigenvalue weighted by atomic mass is 32.2. The van der Waals surface area contributed by atoms with Crippen molar-refractivity contribution in [2.75, 3.05) is 6.54 Å². The van der Waals surface area contributed by atoms with Gasteiger partial charge in [0.25, 0.3) is 5.91 Å². The molecule has 34 heavy (non-hydrogen) atoms. The summed E-state index contributed by atoms with van der Waals surface area (Å²) in [5, 5.41) is 21.0. The summed E-state index contributed by atoms with van der Waals surface area (Å²) in [7, 11) is 0. The average Bonchev–Trinajstić information content (AvgIpc) is 2.84. The molecule has 0 heterocycles. The molecule has 6 heteroatoms. The Morgan fingerprint density at radius 3 is 2.41 bits per heavy atom. The Balaban J connectivity index is 1.63. The van der Waals surface area contributed by atoms with Crippen LogP contribution in [0.4, 0.5) is 0 Å². The number of carboxylic acids is 1. The molecule has 0 aromatic heterocycles. The highest BCUT2D eigenvalue weighted by molar-refractivity contribution is 8.00. The topological polar surface area (TPSA) is 90.2 Å². The van der Waals surface area contributed by atoms with Gasteiger partial charge in [-0.1, -0.05) is 56.3 Å². The molecular formula is C28H30N2O3S. The van der Waals surface area contributed by atoms with Crippen molar-refractivity contribution >= 4 is 29.2 Å². The number of hydrogen-bond acceptors (Lipinski definition) is 4. The summed E-state index contributed by atoms with van der Waals surface area (Å²) in [5.74, 6) is -0.648. The largest absolute Gasteiger partial charge is 0.481 e. The van der Waals surface area contributed by atoms with Crippen molar-refractivity contribution in [3.63, 3.8) is 0 Å². The second kappa shape index (κ2) is 12.2. The highest BCUT2D eigenvalue weighted by Crippen LogP contribution is 2.41. The van der Waals surface area contributed by atoms with Crippen molar-refractivity contribution in [3.05, 3.63) is 89.0 Å². The molecule has 5 nitrogen and oxygen atoms in total. The number of carboxylic acid groups (broad SMARTS) is 1. The molecule has 0 spiro atoms. The number of rotatable bonds is 10. The maximum Gasteiger partial charge on any atom is 0.305 e. The van der Waals surface area contributed by atoms with Crippen LogP contribution in [0.2, 0.25) is 0 Å². The van der Waals surface area contributed by atoms with Crippen molar-refractivity contribution in [2.45, 2.75) is 43.6 Å². The summed E-state index contributed by atoms with van der Waals surface area (Å²) >= 11 is 1.94. The van der Waals surface area contributed by atoms with Gasteiger partial charge in [0.2, 0.25) is 0 Å². The summed E-state index contributed by atoms with van der Waals surface area (Å²) < 4.78 is 0. The van der Waals surface area contributed by atoms with E-state index in [9.17, 15) is 9.59 Å². The summed E-state index contributed by atoms with van der Waals surface area (Å²) in [5.41, 5.74) is 4.69. The molecule has 0 saturated heterocycles. The normalized spacial score (nSPS) is 15.9. The van der Waals surface area contributed by atoms with Gasteiger partial charge in [0.05, 0.1) is 18.1 Å². The molecule has 2 aromatic carbocycles. The first-order valence-electron chi connectivity index (χ1n) is 11.5. The SMILES string of the molecule is CC(C)CC(SC1C=CC(c2ccc(C#N)cc2)=CC1)c1ccc(C(=O)NCCC(=O)O)cc1. The Morgan fingerprint density at radius 2 is 1.85 bits per heavy atom. The van der Waals surface area contributed by atoms with E-state index in [2.05, 4.69) is 43.5 Å². The lowest BCUT2D eigenvalue weighted by atomic mass is 9.98. The zero-order valence-electron chi connectivity index (χ0n) is 19.5. The summed E-state index contributed by atoms with van der Waals surface area (Å²) in [6.45, 7) is 4.56. The Morgan fingerprint density at radius 1 is 1.15 bits per heavy atom. The van der Waals surface area contributed by atoms with Gasteiger partial charge >= 0.3 is 5.97 Å². The first kappa shape index (κ1) is 25.3. The first-order valence-corrected chi connectivity index (χ1v) is 12.4. The molecule has 2 aromatic rings. The maximum absolute atomic E-state index is 12.2. The lowest BCUT2D eigenvalue weighted by molar-refractivity contribution is -0.136. The predicted molar refractivity (Wildman–Crippen MR) is 137 cm³/mol. The zero-order chi connectivity index (χ0) is 24.5. The average molecular weight is 475 g/mol. The van der Waals surface area contributed by atoms with E-state index < -0.39 is 5.97 Å². The number of allylic oxidation sites excluding steroid dienone is 3. The fraction of sp³-hybridized carbons (Fsp3) is 0.321. The van der Waals surface area contributed by atoms with E-state index in [0.717, 1.165) is 18.4 Å². The van der Waals surface area contributed by atoms with E-state index >= 15 is 0 Å². The van der Waals surface area contributed by atoms with Crippen LogP contribution < -0.4 is 5.32 Å². The molecule has 2 atom stereocenters. The Labute approximate surface area is 205 Å². The number of thioether (sulfide) groups is 1. The summed E-state index contributed by atoms with van der Waals surface area (Å²) in [6.07, 6.45) is 8.57. The quantitative estimate of drug-likeness (QED) is 0.441. The van der Waals surface area contributed by atoms with Gasteiger partial charge in [-0.15, -0.1) is 11.8 Å². The van der Waals surface area contributed by atoms with E-state index in [1.54, 1.807) is 0 Å². The van der Waals surface area contributed by atoms with Crippen molar-refractivity contribution in [1.29, 1.82) is 5.26 Å². The Kier molecular flexibility index (Phi) is 9.12. The van der Waals surface area contributed by atoms with Crippen molar-refractivity contribution in [3.8, 4) is 6.07 Å². The summed E-state index contributed by atoms with van der Waals surface area (Å²) in [6, 6.07) is 17.5. The van der Waals surface area contributed by atoms with E-state index in [-0.39, 0.29) is 18.9 Å². The second-order valence-corrected chi connectivity index (χ2v) is 10.2. The van der Waals surface area contributed by atoms with Gasteiger partial charge in [-0.05, 0) is 59.7 Å². The number of nitriles is 1. The van der Waals surface area contributed by atoms with Crippen molar-refractivity contribution in [2.24, 2.45) is 5.92 Å². The van der Waals surface area contributed by atoms with Crippen molar-refractivity contribution in [1.82, 2.24) is 5.32 Å². The molecule has 1 aliphatic rings. The van der Waals surface area contributed by atoms with E-state index in [0.29, 0.717) is 27.5 Å². The van der Waals surface area contributed by atoms with Crippen LogP contribution in [0.15, 0.2) is 66.8 Å². The molecule has 2 unspecified atom stereocenters. The van der Waals surface area contributed by atoms with Gasteiger partial charge in [-0.2, -0.15) is 5.26 Å². The summed E-state index contributed by atoms with van der Waals surface area (Å²) in [4.78, 5) is 22.9.